The van der Waals surface area contributed by atoms with Gasteiger partial charge in [0.15, 0.2) is 0 Å². The highest BCUT2D eigenvalue weighted by molar-refractivity contribution is 7.23. The van der Waals surface area contributed by atoms with Crippen LogP contribution in [0.1, 0.15) is 11.1 Å². The van der Waals surface area contributed by atoms with Crippen LogP contribution in [0.3, 0.4) is 0 Å². The Morgan fingerprint density at radius 1 is 1.04 bits per heavy atom. The highest BCUT2D eigenvalue weighted by atomic mass is 32.1. The molecule has 132 valence electrons. The molecule has 2 aromatic carbocycles. The van der Waals surface area contributed by atoms with Crippen LogP contribution in [0.2, 0.25) is 0 Å². The topological polar surface area (TPSA) is 30.9 Å². The van der Waals surface area contributed by atoms with Crippen molar-refractivity contribution in [1.29, 1.82) is 0 Å². The number of rotatable bonds is 0. The van der Waals surface area contributed by atoms with Gasteiger partial charge in [-0.05, 0) is 38.2 Å². The minimum absolute atomic E-state index is 1.01. The summed E-state index contributed by atoms with van der Waals surface area (Å²) in [6.45, 7) is 6.34. The van der Waals surface area contributed by atoms with Crippen LogP contribution in [0.5, 0.6) is 0 Å². The number of amidine groups is 1. The van der Waals surface area contributed by atoms with E-state index in [1.54, 1.807) is 0 Å². The van der Waals surface area contributed by atoms with Crippen LogP contribution in [0.25, 0.3) is 10.1 Å². The number of thiophene rings is 1. The van der Waals surface area contributed by atoms with Crippen molar-refractivity contribution >= 4 is 43.6 Å². The Kier molecular flexibility index (Phi) is 3.72. The van der Waals surface area contributed by atoms with Gasteiger partial charge in [-0.3, -0.25) is 0 Å². The lowest BCUT2D eigenvalue weighted by Crippen LogP contribution is -2.47. The van der Waals surface area contributed by atoms with Gasteiger partial charge in [0.2, 0.25) is 0 Å². The Balaban J connectivity index is 1.74. The summed E-state index contributed by atoms with van der Waals surface area (Å²) in [7, 11) is 2.19. The number of hydrogen-bond acceptors (Lipinski definition) is 5. The first kappa shape index (κ1) is 15.9. The maximum absolute atomic E-state index is 5.15. The normalized spacial score (nSPS) is 17.3. The van der Waals surface area contributed by atoms with E-state index < -0.39 is 0 Å². The highest BCUT2D eigenvalue weighted by Gasteiger charge is 2.27. The fraction of sp³-hybridized carbons (Fsp3) is 0.286. The van der Waals surface area contributed by atoms with E-state index in [2.05, 4.69) is 71.6 Å². The van der Waals surface area contributed by atoms with Gasteiger partial charge in [0.1, 0.15) is 10.8 Å². The van der Waals surface area contributed by atoms with E-state index in [-0.39, 0.29) is 0 Å². The van der Waals surface area contributed by atoms with Crippen molar-refractivity contribution in [3.05, 3.63) is 53.6 Å². The van der Waals surface area contributed by atoms with E-state index in [4.69, 9.17) is 4.99 Å². The third-order valence-corrected chi connectivity index (χ3v) is 6.33. The first-order chi connectivity index (χ1) is 12.7. The number of aliphatic imine (C=N–C) groups is 1. The van der Waals surface area contributed by atoms with E-state index in [0.29, 0.717) is 0 Å². The molecule has 2 aliphatic rings. The molecule has 3 heterocycles. The van der Waals surface area contributed by atoms with E-state index in [1.165, 1.54) is 26.2 Å². The van der Waals surface area contributed by atoms with Crippen molar-refractivity contribution in [3.8, 4) is 0 Å². The molecule has 1 aromatic heterocycles. The second-order valence-electron chi connectivity index (χ2n) is 7.17. The Morgan fingerprint density at radius 2 is 1.85 bits per heavy atom. The molecule has 1 saturated heterocycles. The minimum atomic E-state index is 1.01. The monoisotopic (exact) mass is 362 g/mol. The molecule has 0 spiro atoms. The Bertz CT molecular complexity index is 1010. The van der Waals surface area contributed by atoms with Gasteiger partial charge in [0.25, 0.3) is 0 Å². The lowest BCUT2D eigenvalue weighted by molar-refractivity contribution is 0.216. The van der Waals surface area contributed by atoms with Crippen molar-refractivity contribution < 1.29 is 0 Å². The Labute approximate surface area is 157 Å². The molecule has 0 amide bonds. The van der Waals surface area contributed by atoms with Gasteiger partial charge in [0, 0.05) is 36.3 Å². The number of fused-ring (bicyclic) bond motifs is 4. The molecule has 0 saturated carbocycles. The number of para-hydroxylation sites is 2. The molecule has 2 aliphatic heterocycles. The van der Waals surface area contributed by atoms with Crippen LogP contribution < -0.4 is 5.32 Å². The zero-order valence-electron chi connectivity index (χ0n) is 15.1. The van der Waals surface area contributed by atoms with Gasteiger partial charge >= 0.3 is 0 Å². The van der Waals surface area contributed by atoms with Crippen molar-refractivity contribution in [1.82, 2.24) is 9.80 Å². The molecule has 0 atom stereocenters. The summed E-state index contributed by atoms with van der Waals surface area (Å²) < 4.78 is 1.31. The number of nitrogens with one attached hydrogen (secondary N) is 1. The Morgan fingerprint density at radius 3 is 2.69 bits per heavy atom. The van der Waals surface area contributed by atoms with E-state index in [0.717, 1.165) is 43.4 Å². The van der Waals surface area contributed by atoms with Gasteiger partial charge in [-0.25, -0.2) is 4.99 Å². The highest BCUT2D eigenvalue weighted by Crippen LogP contribution is 2.43. The fourth-order valence-electron chi connectivity index (χ4n) is 3.74. The number of nitrogens with zero attached hydrogens (tertiary/aromatic N) is 3. The molecular weight excluding hydrogens is 340 g/mol. The molecule has 0 radical (unpaired) electrons. The number of likely N-dealkylation sites (N-methyl/N-ethyl adjacent to an activating group) is 1. The smallest absolute Gasteiger partial charge is 0.140 e. The van der Waals surface area contributed by atoms with Crippen LogP contribution in [-0.4, -0.2) is 48.9 Å². The molecule has 0 bridgehead atoms. The maximum Gasteiger partial charge on any atom is 0.140 e. The van der Waals surface area contributed by atoms with Crippen LogP contribution in [0.15, 0.2) is 47.5 Å². The average molecular weight is 363 g/mol. The number of piperazine rings is 1. The fourth-order valence-corrected chi connectivity index (χ4v) is 4.83. The molecule has 3 aromatic rings. The van der Waals surface area contributed by atoms with Gasteiger partial charge in [-0.2, -0.15) is 0 Å². The Hall–Kier alpha value is -2.37. The molecule has 4 nitrogen and oxygen atoms in total. The molecule has 26 heavy (non-hydrogen) atoms. The van der Waals surface area contributed by atoms with Crippen LogP contribution >= 0.6 is 11.3 Å². The predicted molar refractivity (Wildman–Crippen MR) is 112 cm³/mol. The summed E-state index contributed by atoms with van der Waals surface area (Å²) in [5.74, 6) is 1.11. The molecule has 5 heteroatoms. The third-order valence-electron chi connectivity index (χ3n) is 5.25. The van der Waals surface area contributed by atoms with Gasteiger partial charge in [0.05, 0.1) is 16.9 Å². The first-order valence-corrected chi connectivity index (χ1v) is 9.92. The lowest BCUT2D eigenvalue weighted by atomic mass is 10.1. The predicted octanol–water partition coefficient (Wildman–Crippen LogP) is 4.59. The van der Waals surface area contributed by atoms with Crippen LogP contribution in [0.4, 0.5) is 16.4 Å². The van der Waals surface area contributed by atoms with Gasteiger partial charge in [-0.15, -0.1) is 11.3 Å². The number of aryl methyl sites for hydroxylation is 1. The van der Waals surface area contributed by atoms with Crippen molar-refractivity contribution in [3.63, 3.8) is 0 Å². The zero-order chi connectivity index (χ0) is 17.7. The van der Waals surface area contributed by atoms with E-state index in [9.17, 15) is 0 Å². The van der Waals surface area contributed by atoms with Gasteiger partial charge in [-0.1, -0.05) is 23.8 Å². The summed E-state index contributed by atoms with van der Waals surface area (Å²) in [6.07, 6.45) is 0. The molecule has 5 rings (SSSR count). The lowest BCUT2D eigenvalue weighted by Gasteiger charge is -2.34. The standard InChI is InChI=1S/C21H22N4S/c1-14-7-8-18-15(13-14)19-20(25-11-9-24(2)10-12-25)22-16-5-3-4-6-17(16)23-21(19)26-18/h3-8,13,23H,9-12H2,1-2H3. The van der Waals surface area contributed by atoms with Crippen LogP contribution in [-0.2, 0) is 0 Å². The summed E-state index contributed by atoms with van der Waals surface area (Å²) in [4.78, 5) is 9.99. The van der Waals surface area contributed by atoms with E-state index in [1.807, 2.05) is 11.3 Å². The summed E-state index contributed by atoms with van der Waals surface area (Å²) in [6, 6.07) is 15.1. The quantitative estimate of drug-likeness (QED) is 0.634. The van der Waals surface area contributed by atoms with Crippen molar-refractivity contribution in [2.45, 2.75) is 6.92 Å². The number of anilines is 2. The largest absolute Gasteiger partial charge is 0.353 e. The van der Waals surface area contributed by atoms with Gasteiger partial charge < -0.3 is 15.1 Å². The summed E-state index contributed by atoms with van der Waals surface area (Å²) in [5.41, 5.74) is 4.65. The summed E-state index contributed by atoms with van der Waals surface area (Å²) in [5, 5.41) is 6.17. The van der Waals surface area contributed by atoms with Crippen LogP contribution in [0, 0.1) is 6.92 Å². The van der Waals surface area contributed by atoms with Crippen molar-refractivity contribution in [2.75, 3.05) is 38.5 Å². The maximum atomic E-state index is 5.15. The molecule has 0 aliphatic carbocycles. The molecule has 1 fully saturated rings. The average Bonchev–Trinajstić information content (AvgIpc) is 2.89. The molecule has 0 unspecified atom stereocenters. The third kappa shape index (κ3) is 2.59. The van der Waals surface area contributed by atoms with E-state index >= 15 is 0 Å². The first-order valence-electron chi connectivity index (χ1n) is 9.11. The zero-order valence-corrected chi connectivity index (χ0v) is 15.9. The van der Waals surface area contributed by atoms with Crippen molar-refractivity contribution in [2.24, 2.45) is 4.99 Å². The second-order valence-corrected chi connectivity index (χ2v) is 8.23. The summed E-state index contributed by atoms with van der Waals surface area (Å²) >= 11 is 1.82. The minimum Gasteiger partial charge on any atom is -0.353 e. The second kappa shape index (κ2) is 6.11. The molecular formula is C21H22N4S. The number of benzene rings is 2. The molecule has 1 N–H and O–H groups in total. The SMILES string of the molecule is Cc1ccc2sc3c(c2c1)C(N1CCN(C)CC1)=Nc1ccccc1N3. The number of hydrogen-bond donors (Lipinski definition) is 1.